The zero-order valence-electron chi connectivity index (χ0n) is 14.6. The highest BCUT2D eigenvalue weighted by molar-refractivity contribution is 5.88. The van der Waals surface area contributed by atoms with Crippen LogP contribution in [0.2, 0.25) is 0 Å². The third-order valence-electron chi connectivity index (χ3n) is 4.97. The van der Waals surface area contributed by atoms with Gasteiger partial charge < -0.3 is 9.26 Å². The summed E-state index contributed by atoms with van der Waals surface area (Å²) in [6.07, 6.45) is 5.37. The summed E-state index contributed by atoms with van der Waals surface area (Å²) in [5.41, 5.74) is 7.20. The predicted octanol–water partition coefficient (Wildman–Crippen LogP) is 4.25. The van der Waals surface area contributed by atoms with E-state index in [0.717, 1.165) is 64.5 Å². The fourth-order valence-electron chi connectivity index (χ4n) is 3.87. The first kappa shape index (κ1) is 15.5. The summed E-state index contributed by atoms with van der Waals surface area (Å²) >= 11 is 0. The number of hydrogen-bond donors (Lipinski definition) is 0. The van der Waals surface area contributed by atoms with Gasteiger partial charge in [0, 0.05) is 11.3 Å². The Morgan fingerprint density at radius 2 is 1.92 bits per heavy atom. The molecule has 2 heterocycles. The Morgan fingerprint density at radius 3 is 2.52 bits per heavy atom. The minimum Gasteiger partial charge on any atom is -0.497 e. The van der Waals surface area contributed by atoms with Crippen molar-refractivity contribution in [1.82, 2.24) is 9.72 Å². The van der Waals surface area contributed by atoms with Crippen molar-refractivity contribution < 1.29 is 9.26 Å². The van der Waals surface area contributed by atoms with Crippen LogP contribution < -0.4 is 4.74 Å². The van der Waals surface area contributed by atoms with E-state index in [0.29, 0.717) is 0 Å². The van der Waals surface area contributed by atoms with Crippen LogP contribution in [0.4, 0.5) is 0 Å². The van der Waals surface area contributed by atoms with Gasteiger partial charge >= 0.3 is 0 Å². The Kier molecular flexibility index (Phi) is 3.61. The van der Waals surface area contributed by atoms with Gasteiger partial charge in [0.25, 0.3) is 0 Å². The Balaban J connectivity index is 2.05. The monoisotopic (exact) mass is 333 g/mol. The molecule has 0 bridgehead atoms. The molecule has 3 aromatic rings. The Morgan fingerprint density at radius 1 is 1.16 bits per heavy atom. The van der Waals surface area contributed by atoms with Crippen LogP contribution in [0.3, 0.4) is 0 Å². The van der Waals surface area contributed by atoms with Crippen LogP contribution in [-0.2, 0) is 12.8 Å². The molecule has 0 saturated carbocycles. The molecule has 0 spiro atoms. The van der Waals surface area contributed by atoms with E-state index < -0.39 is 0 Å². The number of hydrogen-bond acceptors (Lipinski definition) is 4. The van der Waals surface area contributed by atoms with Gasteiger partial charge in [-0.25, -0.2) is 0 Å². The largest absolute Gasteiger partial charge is 0.497 e. The van der Waals surface area contributed by atoms with E-state index in [1.165, 1.54) is 5.56 Å². The van der Waals surface area contributed by atoms with Crippen LogP contribution in [0.25, 0.3) is 22.4 Å². The Hall–Kier alpha value is -3.00. The summed E-state index contributed by atoms with van der Waals surface area (Å²) in [6, 6.07) is 8.02. The van der Waals surface area contributed by atoms with E-state index in [9.17, 15) is 5.26 Å². The number of aromatic nitrogens is 2. The molecule has 25 heavy (non-hydrogen) atoms. The standard InChI is InChI=1S/C20H19N3O2/c1-12-18(13(2)25-22-12)20-19(14-7-9-15(24-3)10-8-14)16-5-4-6-17(16)23(20)11-21/h7-10H,4-6H2,1-3H3. The molecule has 0 unspecified atom stereocenters. The average Bonchev–Trinajstić information content (AvgIpc) is 3.29. The second-order valence-corrected chi connectivity index (χ2v) is 6.37. The topological polar surface area (TPSA) is 64.0 Å². The fourth-order valence-corrected chi connectivity index (χ4v) is 3.87. The number of benzene rings is 1. The Labute approximate surface area is 146 Å². The summed E-state index contributed by atoms with van der Waals surface area (Å²) in [7, 11) is 1.66. The van der Waals surface area contributed by atoms with Gasteiger partial charge in [0.1, 0.15) is 11.5 Å². The lowest BCUT2D eigenvalue weighted by Crippen LogP contribution is -1.99. The highest BCUT2D eigenvalue weighted by Crippen LogP contribution is 2.44. The average molecular weight is 333 g/mol. The van der Waals surface area contributed by atoms with Gasteiger partial charge in [0.15, 0.2) is 6.19 Å². The van der Waals surface area contributed by atoms with Gasteiger partial charge in [0.2, 0.25) is 0 Å². The lowest BCUT2D eigenvalue weighted by molar-refractivity contribution is 0.393. The number of methoxy groups -OCH3 is 1. The van der Waals surface area contributed by atoms with Gasteiger partial charge in [-0.15, -0.1) is 0 Å². The molecular formula is C20H19N3O2. The SMILES string of the molecule is COc1ccc(-c2c3c(n(C#N)c2-c2c(C)noc2C)CCC3)cc1. The van der Waals surface area contributed by atoms with Crippen molar-refractivity contribution in [2.45, 2.75) is 33.1 Å². The van der Waals surface area contributed by atoms with E-state index in [4.69, 9.17) is 9.26 Å². The van der Waals surface area contributed by atoms with E-state index in [-0.39, 0.29) is 0 Å². The summed E-state index contributed by atoms with van der Waals surface area (Å²) in [4.78, 5) is 0. The second kappa shape index (κ2) is 5.82. The third-order valence-corrected chi connectivity index (χ3v) is 4.97. The number of aryl methyl sites for hydroxylation is 2. The van der Waals surface area contributed by atoms with Gasteiger partial charge in [-0.05, 0) is 56.4 Å². The lowest BCUT2D eigenvalue weighted by Gasteiger charge is -2.10. The van der Waals surface area contributed by atoms with Gasteiger partial charge in [-0.1, -0.05) is 17.3 Å². The molecule has 0 fully saturated rings. The maximum Gasteiger partial charge on any atom is 0.189 e. The molecule has 0 radical (unpaired) electrons. The first-order valence-electron chi connectivity index (χ1n) is 8.40. The minimum atomic E-state index is 0.736. The lowest BCUT2D eigenvalue weighted by atomic mass is 9.96. The van der Waals surface area contributed by atoms with Crippen molar-refractivity contribution in [3.63, 3.8) is 0 Å². The molecule has 1 aliphatic rings. The van der Waals surface area contributed by atoms with E-state index >= 15 is 0 Å². The maximum atomic E-state index is 9.85. The highest BCUT2D eigenvalue weighted by Gasteiger charge is 2.30. The molecule has 5 nitrogen and oxygen atoms in total. The first-order valence-corrected chi connectivity index (χ1v) is 8.40. The maximum absolute atomic E-state index is 9.85. The summed E-state index contributed by atoms with van der Waals surface area (Å²) < 4.78 is 12.4. The molecule has 0 atom stereocenters. The van der Waals surface area contributed by atoms with Crippen LogP contribution in [0, 0.1) is 25.3 Å². The molecule has 0 N–H and O–H groups in total. The number of nitriles is 1. The molecule has 1 aliphatic carbocycles. The molecule has 2 aromatic heterocycles. The molecule has 126 valence electrons. The smallest absolute Gasteiger partial charge is 0.189 e. The van der Waals surface area contributed by atoms with E-state index in [1.807, 2.05) is 26.0 Å². The fraction of sp³-hybridized carbons (Fsp3) is 0.300. The first-order chi connectivity index (χ1) is 12.2. The van der Waals surface area contributed by atoms with Crippen molar-refractivity contribution in [2.24, 2.45) is 0 Å². The molecule has 0 aliphatic heterocycles. The predicted molar refractivity (Wildman–Crippen MR) is 94.4 cm³/mol. The van der Waals surface area contributed by atoms with E-state index in [1.54, 1.807) is 11.7 Å². The summed E-state index contributed by atoms with van der Waals surface area (Å²) in [6.45, 7) is 3.82. The normalized spacial score (nSPS) is 12.9. The minimum absolute atomic E-state index is 0.736. The molecule has 0 saturated heterocycles. The van der Waals surface area contributed by atoms with Crippen LogP contribution in [0.5, 0.6) is 5.75 Å². The van der Waals surface area contributed by atoms with Crippen molar-refractivity contribution in [1.29, 1.82) is 5.26 Å². The van der Waals surface area contributed by atoms with Crippen molar-refractivity contribution >= 4 is 0 Å². The van der Waals surface area contributed by atoms with Gasteiger partial charge in [-0.2, -0.15) is 5.26 Å². The third kappa shape index (κ3) is 2.25. The summed E-state index contributed by atoms with van der Waals surface area (Å²) in [5, 5.41) is 13.9. The molecule has 0 amide bonds. The Bertz CT molecular complexity index is 968. The quantitative estimate of drug-likeness (QED) is 0.718. The van der Waals surface area contributed by atoms with Gasteiger partial charge in [-0.3, -0.25) is 4.57 Å². The number of fused-ring (bicyclic) bond motifs is 1. The van der Waals surface area contributed by atoms with Crippen molar-refractivity contribution in [3.05, 3.63) is 47.0 Å². The number of nitrogens with zero attached hydrogens (tertiary/aromatic N) is 3. The van der Waals surface area contributed by atoms with Gasteiger partial charge in [0.05, 0.1) is 24.1 Å². The zero-order chi connectivity index (χ0) is 17.6. The van der Waals surface area contributed by atoms with Crippen LogP contribution in [-0.4, -0.2) is 16.8 Å². The summed E-state index contributed by atoms with van der Waals surface area (Å²) in [5.74, 6) is 1.55. The van der Waals surface area contributed by atoms with E-state index in [2.05, 4.69) is 23.5 Å². The van der Waals surface area contributed by atoms with Crippen LogP contribution in [0.1, 0.15) is 29.1 Å². The van der Waals surface area contributed by atoms with Crippen molar-refractivity contribution in [3.8, 4) is 34.3 Å². The highest BCUT2D eigenvalue weighted by atomic mass is 16.5. The van der Waals surface area contributed by atoms with Crippen LogP contribution >= 0.6 is 0 Å². The van der Waals surface area contributed by atoms with Crippen LogP contribution in [0.15, 0.2) is 28.8 Å². The molecule has 1 aromatic carbocycles. The zero-order valence-corrected chi connectivity index (χ0v) is 14.6. The number of ether oxygens (including phenoxy) is 1. The molecular weight excluding hydrogens is 314 g/mol. The second-order valence-electron chi connectivity index (χ2n) is 6.37. The number of rotatable bonds is 3. The molecule has 5 heteroatoms. The molecule has 4 rings (SSSR count). The van der Waals surface area contributed by atoms with Crippen molar-refractivity contribution in [2.75, 3.05) is 7.11 Å².